The van der Waals surface area contributed by atoms with Gasteiger partial charge in [-0.3, -0.25) is 4.79 Å². The van der Waals surface area contributed by atoms with Crippen molar-refractivity contribution in [3.05, 3.63) is 68.5 Å². The summed E-state index contributed by atoms with van der Waals surface area (Å²) in [6.45, 7) is 0. The number of hydrogen-bond donors (Lipinski definition) is 1. The molecule has 3 aromatic rings. The summed E-state index contributed by atoms with van der Waals surface area (Å²) in [5, 5.41) is 6.63. The van der Waals surface area contributed by atoms with Crippen LogP contribution < -0.4 is 5.32 Å². The van der Waals surface area contributed by atoms with Crippen molar-refractivity contribution in [2.24, 2.45) is 0 Å². The number of nitrogens with zero attached hydrogens (tertiary/aromatic N) is 3. The van der Waals surface area contributed by atoms with E-state index in [4.69, 9.17) is 46.4 Å². The van der Waals surface area contributed by atoms with Gasteiger partial charge in [0.05, 0.1) is 20.8 Å². The third-order valence-corrected chi connectivity index (χ3v) is 4.73. The summed E-state index contributed by atoms with van der Waals surface area (Å²) in [5.41, 5.74) is 0.720. The van der Waals surface area contributed by atoms with Crippen LogP contribution in [-0.2, 0) is 0 Å². The Morgan fingerprint density at radius 2 is 1.67 bits per heavy atom. The number of carbonyl (C=O) groups excluding carboxylic acids is 1. The van der Waals surface area contributed by atoms with Crippen molar-refractivity contribution in [1.29, 1.82) is 0 Å². The van der Waals surface area contributed by atoms with E-state index < -0.39 is 5.91 Å². The summed E-state index contributed by atoms with van der Waals surface area (Å²) in [5.74, 6) is -0.275. The van der Waals surface area contributed by atoms with Gasteiger partial charge in [-0.05, 0) is 12.1 Å². The Hall–Kier alpha value is -1.79. The second-order valence-corrected chi connectivity index (χ2v) is 6.12. The third kappa shape index (κ3) is 3.35. The lowest BCUT2D eigenvalue weighted by Gasteiger charge is -2.07. The van der Waals surface area contributed by atoms with E-state index in [2.05, 4.69) is 15.4 Å². The van der Waals surface area contributed by atoms with Crippen molar-refractivity contribution in [2.45, 2.75) is 0 Å². The normalized spacial score (nSPS) is 10.7. The van der Waals surface area contributed by atoms with Gasteiger partial charge in [-0.2, -0.15) is 5.10 Å². The zero-order chi connectivity index (χ0) is 17.3. The average Bonchev–Trinajstić information content (AvgIpc) is 3.05. The summed E-state index contributed by atoms with van der Waals surface area (Å²) in [4.78, 5) is 16.2. The number of pyridine rings is 1. The van der Waals surface area contributed by atoms with Gasteiger partial charge in [0.15, 0.2) is 11.5 Å². The highest BCUT2D eigenvalue weighted by Crippen LogP contribution is 2.36. The van der Waals surface area contributed by atoms with Gasteiger partial charge in [0.2, 0.25) is 0 Å². The van der Waals surface area contributed by atoms with Crippen LogP contribution >= 0.6 is 46.4 Å². The molecule has 0 aliphatic heterocycles. The topological polar surface area (TPSA) is 59.8 Å². The Balaban J connectivity index is 1.85. The molecule has 9 heteroatoms. The fraction of sp³-hybridized carbons (Fsp3) is 0. The number of amides is 1. The minimum Gasteiger partial charge on any atom is -0.304 e. The summed E-state index contributed by atoms with van der Waals surface area (Å²) >= 11 is 23.6. The van der Waals surface area contributed by atoms with Gasteiger partial charge < -0.3 is 5.32 Å². The van der Waals surface area contributed by atoms with Gasteiger partial charge in [-0.15, -0.1) is 0 Å². The first-order chi connectivity index (χ1) is 11.5. The van der Waals surface area contributed by atoms with Crippen LogP contribution in [-0.4, -0.2) is 20.7 Å². The maximum Gasteiger partial charge on any atom is 0.277 e. The number of hydrogen-bond acceptors (Lipinski definition) is 3. The second-order valence-electron chi connectivity index (χ2n) is 4.63. The minimum absolute atomic E-state index is 0.00626. The Kier molecular flexibility index (Phi) is 4.96. The van der Waals surface area contributed by atoms with E-state index in [1.165, 1.54) is 0 Å². The van der Waals surface area contributed by atoms with E-state index in [1.807, 2.05) is 30.3 Å². The molecule has 0 fully saturated rings. The number of aromatic nitrogens is 3. The van der Waals surface area contributed by atoms with E-state index >= 15 is 0 Å². The Bertz CT molecular complexity index is 911. The fourth-order valence-electron chi connectivity index (χ4n) is 1.93. The number of carbonyl (C=O) groups is 1. The van der Waals surface area contributed by atoms with Crippen molar-refractivity contribution in [3.63, 3.8) is 0 Å². The number of halogens is 4. The molecule has 0 unspecified atom stereocenters. The van der Waals surface area contributed by atoms with E-state index in [1.54, 1.807) is 16.9 Å². The lowest BCUT2D eigenvalue weighted by atomic mass is 10.3. The second kappa shape index (κ2) is 6.99. The molecule has 0 radical (unpaired) electrons. The van der Waals surface area contributed by atoms with Gasteiger partial charge in [0.25, 0.3) is 5.91 Å². The van der Waals surface area contributed by atoms with Crippen molar-refractivity contribution in [1.82, 2.24) is 14.8 Å². The zero-order valence-electron chi connectivity index (χ0n) is 11.8. The molecular weight excluding hydrogens is 394 g/mol. The van der Waals surface area contributed by atoms with Crippen LogP contribution in [0.5, 0.6) is 0 Å². The molecule has 2 heterocycles. The zero-order valence-corrected chi connectivity index (χ0v) is 14.8. The van der Waals surface area contributed by atoms with Crippen LogP contribution in [0.3, 0.4) is 0 Å². The molecular formula is C15H8Cl4N4O. The van der Waals surface area contributed by atoms with E-state index in [9.17, 15) is 4.79 Å². The van der Waals surface area contributed by atoms with Crippen molar-refractivity contribution in [3.8, 4) is 5.69 Å². The van der Waals surface area contributed by atoms with Gasteiger partial charge in [0, 0.05) is 12.3 Å². The number of para-hydroxylation sites is 1. The van der Waals surface area contributed by atoms with Crippen LogP contribution in [0.25, 0.3) is 5.69 Å². The van der Waals surface area contributed by atoms with Crippen LogP contribution in [0.15, 0.2) is 42.6 Å². The number of anilines is 1. The van der Waals surface area contributed by atoms with E-state index in [-0.39, 0.29) is 25.9 Å². The highest BCUT2D eigenvalue weighted by Gasteiger charge is 2.21. The molecule has 24 heavy (non-hydrogen) atoms. The molecule has 0 atom stereocenters. The maximum absolute atomic E-state index is 12.3. The van der Waals surface area contributed by atoms with Gasteiger partial charge in [0.1, 0.15) is 5.15 Å². The van der Waals surface area contributed by atoms with Crippen LogP contribution in [0.1, 0.15) is 10.5 Å². The Morgan fingerprint density at radius 1 is 0.958 bits per heavy atom. The molecule has 5 nitrogen and oxygen atoms in total. The smallest absolute Gasteiger partial charge is 0.277 e. The Labute approximate surface area is 157 Å². The number of nitrogens with one attached hydrogen (secondary N) is 1. The predicted molar refractivity (Wildman–Crippen MR) is 95.8 cm³/mol. The molecule has 0 bridgehead atoms. The highest BCUT2D eigenvalue weighted by molar-refractivity contribution is 6.52. The molecule has 0 saturated heterocycles. The van der Waals surface area contributed by atoms with E-state index in [0.717, 1.165) is 5.69 Å². The lowest BCUT2D eigenvalue weighted by Crippen LogP contribution is -2.15. The van der Waals surface area contributed by atoms with Crippen molar-refractivity contribution < 1.29 is 4.79 Å². The predicted octanol–water partition coefficient (Wildman–Crippen LogP) is 5.13. The first-order valence-electron chi connectivity index (χ1n) is 6.60. The van der Waals surface area contributed by atoms with Crippen molar-refractivity contribution in [2.75, 3.05) is 5.32 Å². The molecule has 0 aliphatic carbocycles. The molecule has 3 rings (SSSR count). The van der Waals surface area contributed by atoms with Gasteiger partial charge in [-0.25, -0.2) is 9.67 Å². The van der Waals surface area contributed by atoms with E-state index in [0.29, 0.717) is 5.82 Å². The van der Waals surface area contributed by atoms with Crippen LogP contribution in [0.2, 0.25) is 20.2 Å². The maximum atomic E-state index is 12.3. The summed E-state index contributed by atoms with van der Waals surface area (Å²) in [7, 11) is 0. The first-order valence-corrected chi connectivity index (χ1v) is 8.11. The van der Waals surface area contributed by atoms with Gasteiger partial charge in [-0.1, -0.05) is 64.6 Å². The third-order valence-electron chi connectivity index (χ3n) is 3.05. The SMILES string of the molecule is O=C(Nc1ccn(-c2ccccc2)n1)c1nc(Cl)c(Cl)c(Cl)c1Cl. The number of benzene rings is 1. The molecule has 122 valence electrons. The minimum atomic E-state index is -0.598. The first kappa shape index (κ1) is 17.0. The fourth-order valence-corrected chi connectivity index (χ4v) is 2.74. The van der Waals surface area contributed by atoms with Crippen molar-refractivity contribution >= 4 is 58.1 Å². The highest BCUT2D eigenvalue weighted by atomic mass is 35.5. The molecule has 1 amide bonds. The molecule has 1 N–H and O–H groups in total. The summed E-state index contributed by atoms with van der Waals surface area (Å²) in [6, 6.07) is 11.1. The van der Waals surface area contributed by atoms with Crippen LogP contribution in [0, 0.1) is 0 Å². The van der Waals surface area contributed by atoms with Gasteiger partial charge >= 0.3 is 0 Å². The van der Waals surface area contributed by atoms with Crippen LogP contribution in [0.4, 0.5) is 5.82 Å². The summed E-state index contributed by atoms with van der Waals surface area (Å²) in [6.07, 6.45) is 1.71. The molecule has 0 saturated carbocycles. The monoisotopic (exact) mass is 400 g/mol. The molecule has 1 aromatic carbocycles. The lowest BCUT2D eigenvalue weighted by molar-refractivity contribution is 0.102. The Morgan fingerprint density at radius 3 is 2.38 bits per heavy atom. The molecule has 2 aromatic heterocycles. The number of rotatable bonds is 3. The molecule has 0 aliphatic rings. The average molecular weight is 402 g/mol. The molecule has 0 spiro atoms. The quantitative estimate of drug-likeness (QED) is 0.618. The largest absolute Gasteiger partial charge is 0.304 e. The summed E-state index contributed by atoms with van der Waals surface area (Å²) < 4.78 is 1.62. The standard InChI is InChI=1S/C15H8Cl4N4O/c16-10-11(17)13(21-14(19)12(10)18)15(24)20-9-6-7-23(22-9)8-4-2-1-3-5-8/h1-7H,(H,20,22,24).